The second-order valence-corrected chi connectivity index (χ2v) is 8.28. The molecule has 0 radical (unpaired) electrons. The Morgan fingerprint density at radius 3 is 1.95 bits per heavy atom. The molecule has 13 heteroatoms. The number of hydrogen-bond acceptors (Lipinski definition) is 11. The van der Waals surface area contributed by atoms with Crippen molar-refractivity contribution in [3.05, 3.63) is 60.6 Å². The summed E-state index contributed by atoms with van der Waals surface area (Å²) in [4.78, 5) is 8.88. The van der Waals surface area contributed by atoms with Crippen molar-refractivity contribution >= 4 is 40.5 Å². The lowest BCUT2D eigenvalue weighted by molar-refractivity contribution is 0.114. The van der Waals surface area contributed by atoms with E-state index in [1.807, 2.05) is 36.4 Å². The first-order valence-corrected chi connectivity index (χ1v) is 12.0. The average Bonchev–Trinajstić information content (AvgIpc) is 3.44. The van der Waals surface area contributed by atoms with E-state index in [1.54, 1.807) is 33.9 Å². The van der Waals surface area contributed by atoms with Gasteiger partial charge in [0.05, 0.1) is 22.4 Å². The van der Waals surface area contributed by atoms with Crippen molar-refractivity contribution in [1.29, 1.82) is 5.41 Å². The molecule has 1 aliphatic rings. The van der Waals surface area contributed by atoms with Crippen LogP contribution in [0.2, 0.25) is 0 Å². The summed E-state index contributed by atoms with van der Waals surface area (Å²) in [6, 6.07) is 11.1. The lowest BCUT2D eigenvalue weighted by atomic mass is 10.2. The summed E-state index contributed by atoms with van der Waals surface area (Å²) in [7, 11) is 0. The number of aromatic nitrogens is 4. The zero-order valence-corrected chi connectivity index (χ0v) is 20.3. The number of ether oxygens (including phenoxy) is 2. The van der Waals surface area contributed by atoms with Crippen LogP contribution < -0.4 is 20.5 Å². The minimum Gasteiger partial charge on any atom is -0.450 e. The predicted octanol–water partition coefficient (Wildman–Crippen LogP) is 1.73. The Morgan fingerprint density at radius 1 is 0.895 bits per heavy atom. The van der Waals surface area contributed by atoms with E-state index in [4.69, 9.17) is 30.8 Å². The molecule has 2 unspecified atom stereocenters. The summed E-state index contributed by atoms with van der Waals surface area (Å²) in [5, 5.41) is 38.7. The second kappa shape index (κ2) is 11.2. The van der Waals surface area contributed by atoms with Crippen molar-refractivity contribution in [1.82, 2.24) is 24.5 Å². The van der Waals surface area contributed by atoms with Gasteiger partial charge in [-0.2, -0.15) is 0 Å². The van der Waals surface area contributed by atoms with Crippen LogP contribution in [0.5, 0.6) is 11.8 Å². The van der Waals surface area contributed by atoms with E-state index >= 15 is 0 Å². The number of pyridine rings is 2. The van der Waals surface area contributed by atoms with Crippen LogP contribution in [0.4, 0.5) is 11.4 Å². The lowest BCUT2D eigenvalue weighted by Gasteiger charge is -2.29. The quantitative estimate of drug-likeness (QED) is 0.197. The molecule has 0 fully saturated rings. The van der Waals surface area contributed by atoms with Crippen LogP contribution in [0.1, 0.15) is 12.8 Å². The van der Waals surface area contributed by atoms with Crippen LogP contribution in [0, 0.1) is 5.41 Å². The third kappa shape index (κ3) is 5.11. The summed E-state index contributed by atoms with van der Waals surface area (Å²) < 4.78 is 15.5. The first kappa shape index (κ1) is 25.1. The molecule has 38 heavy (non-hydrogen) atoms. The predicted molar refractivity (Wildman–Crippen MR) is 142 cm³/mol. The minimum absolute atomic E-state index is 0.0327. The van der Waals surface area contributed by atoms with Crippen LogP contribution in [0.15, 0.2) is 70.5 Å². The molecule has 1 aliphatic heterocycles. The largest absolute Gasteiger partial charge is 0.450 e. The molecular formula is C25H27N9O4. The monoisotopic (exact) mass is 517 g/mol. The smallest absolute Gasteiger partial charge is 0.262 e. The van der Waals surface area contributed by atoms with Gasteiger partial charge >= 0.3 is 0 Å². The van der Waals surface area contributed by atoms with Crippen molar-refractivity contribution in [2.75, 3.05) is 13.2 Å². The molecule has 0 saturated carbocycles. The maximum absolute atomic E-state index is 9.14. The van der Waals surface area contributed by atoms with Crippen molar-refractivity contribution in [2.24, 2.45) is 15.7 Å². The molecule has 0 aliphatic carbocycles. The van der Waals surface area contributed by atoms with Gasteiger partial charge in [-0.3, -0.25) is 15.4 Å². The summed E-state index contributed by atoms with van der Waals surface area (Å²) in [5.41, 5.74) is 8.91. The van der Waals surface area contributed by atoms with E-state index in [0.717, 1.165) is 0 Å². The highest BCUT2D eigenvalue weighted by Gasteiger charge is 2.31. The third-order valence-corrected chi connectivity index (χ3v) is 5.59. The number of aliphatic hydroxyl groups excluding tert-OH is 2. The SMILES string of the molecule is N=C1C=C(N)C(Oc2nn3ccccc3c2N=CCCO)NC1Oc1nn2ccccc2c1N=CCCO. The van der Waals surface area contributed by atoms with Crippen molar-refractivity contribution in [3.8, 4) is 11.8 Å². The van der Waals surface area contributed by atoms with Crippen LogP contribution in [-0.4, -0.2) is 73.3 Å². The molecule has 0 saturated heterocycles. The normalized spacial score (nSPS) is 18.2. The second-order valence-electron chi connectivity index (χ2n) is 8.28. The molecular weight excluding hydrogens is 490 g/mol. The van der Waals surface area contributed by atoms with Gasteiger partial charge in [0.25, 0.3) is 11.8 Å². The van der Waals surface area contributed by atoms with Crippen molar-refractivity contribution < 1.29 is 19.7 Å². The Labute approximate surface area is 217 Å². The van der Waals surface area contributed by atoms with Gasteiger partial charge in [0.1, 0.15) is 0 Å². The minimum atomic E-state index is -0.956. The van der Waals surface area contributed by atoms with E-state index in [1.165, 1.54) is 6.08 Å². The highest BCUT2D eigenvalue weighted by atomic mass is 16.5. The summed E-state index contributed by atoms with van der Waals surface area (Å²) >= 11 is 0. The van der Waals surface area contributed by atoms with Crippen LogP contribution >= 0.6 is 0 Å². The van der Waals surface area contributed by atoms with Gasteiger partial charge in [-0.1, -0.05) is 12.1 Å². The molecule has 5 rings (SSSR count). The van der Waals surface area contributed by atoms with Gasteiger partial charge in [0.15, 0.2) is 23.8 Å². The standard InChI is InChI=1S/C25H27N9O4/c26-16-15-17(27)23(38-25-21(29-10-6-14-36)19-8-2-4-12-34(19)32-25)30-22(16)37-24-20(28-9-5-13-35)18-7-1-3-11-33(18)31-24/h1-4,7-12,15,22-23,26,30,35-36H,5-6,13-14,27H2. The van der Waals surface area contributed by atoms with Gasteiger partial charge in [-0.05, 0) is 30.3 Å². The highest BCUT2D eigenvalue weighted by molar-refractivity contribution is 5.97. The first-order valence-electron chi connectivity index (χ1n) is 12.0. The fourth-order valence-electron chi connectivity index (χ4n) is 3.83. The topological polar surface area (TPSA) is 180 Å². The van der Waals surface area contributed by atoms with Gasteiger partial charge in [-0.25, -0.2) is 14.3 Å². The van der Waals surface area contributed by atoms with E-state index in [2.05, 4.69) is 25.5 Å². The summed E-state index contributed by atoms with van der Waals surface area (Å²) in [5.74, 6) is 0.413. The molecule has 196 valence electrons. The number of rotatable bonds is 10. The van der Waals surface area contributed by atoms with E-state index in [-0.39, 0.29) is 36.4 Å². The molecule has 4 aromatic rings. The maximum Gasteiger partial charge on any atom is 0.262 e. The Balaban J connectivity index is 1.42. The van der Waals surface area contributed by atoms with Crippen LogP contribution in [-0.2, 0) is 0 Å². The Bertz CT molecular complexity index is 1540. The molecule has 6 N–H and O–H groups in total. The fourth-order valence-corrected chi connectivity index (χ4v) is 3.83. The zero-order valence-electron chi connectivity index (χ0n) is 20.3. The maximum atomic E-state index is 9.14. The molecule has 0 aromatic carbocycles. The van der Waals surface area contributed by atoms with Gasteiger partial charge in [0.2, 0.25) is 0 Å². The fraction of sp³-hybridized carbons (Fsp3) is 0.240. The molecule has 2 atom stereocenters. The lowest BCUT2D eigenvalue weighted by Crippen LogP contribution is -2.54. The number of aliphatic imine (C=N–C) groups is 2. The van der Waals surface area contributed by atoms with Gasteiger partial charge in [0, 0.05) is 50.9 Å². The molecule has 4 aromatic heterocycles. The third-order valence-electron chi connectivity index (χ3n) is 5.59. The Morgan fingerprint density at radius 2 is 1.42 bits per heavy atom. The molecule has 13 nitrogen and oxygen atoms in total. The average molecular weight is 518 g/mol. The van der Waals surface area contributed by atoms with Crippen LogP contribution in [0.25, 0.3) is 11.0 Å². The van der Waals surface area contributed by atoms with E-state index in [9.17, 15) is 0 Å². The van der Waals surface area contributed by atoms with Crippen molar-refractivity contribution in [3.63, 3.8) is 0 Å². The van der Waals surface area contributed by atoms with Crippen LogP contribution in [0.3, 0.4) is 0 Å². The number of nitrogens with one attached hydrogen (secondary N) is 2. The number of nitrogens with zero attached hydrogens (tertiary/aromatic N) is 6. The number of hydrogen-bond donors (Lipinski definition) is 5. The highest BCUT2D eigenvalue weighted by Crippen LogP contribution is 2.34. The number of fused-ring (bicyclic) bond motifs is 2. The number of nitrogens with two attached hydrogens (primary N) is 1. The number of aliphatic hydroxyl groups is 2. The first-order chi connectivity index (χ1) is 18.6. The summed E-state index contributed by atoms with van der Waals surface area (Å²) in [6.45, 7) is -0.0685. The van der Waals surface area contributed by atoms with Gasteiger partial charge in [-0.15, -0.1) is 10.2 Å². The Hall–Kier alpha value is -4.59. The van der Waals surface area contributed by atoms with E-state index < -0.39 is 12.5 Å². The molecule has 0 bridgehead atoms. The molecule has 0 spiro atoms. The molecule has 0 amide bonds. The summed E-state index contributed by atoms with van der Waals surface area (Å²) in [6.07, 6.45) is 7.08. The van der Waals surface area contributed by atoms with Crippen molar-refractivity contribution in [2.45, 2.75) is 25.3 Å². The molecule has 5 heterocycles. The van der Waals surface area contributed by atoms with E-state index in [0.29, 0.717) is 35.2 Å². The zero-order chi connectivity index (χ0) is 26.5. The van der Waals surface area contributed by atoms with Gasteiger partial charge < -0.3 is 25.4 Å². The Kier molecular flexibility index (Phi) is 7.40.